The molecular weight excluding hydrogens is 266 g/mol. The van der Waals surface area contributed by atoms with Crippen molar-refractivity contribution in [2.45, 2.75) is 26.7 Å². The van der Waals surface area contributed by atoms with Crippen molar-refractivity contribution in [3.8, 4) is 0 Å². The summed E-state index contributed by atoms with van der Waals surface area (Å²) in [5.74, 6) is 0.763. The topological polar surface area (TPSA) is 44.8 Å². The predicted molar refractivity (Wildman–Crippen MR) is 86.4 cm³/mol. The van der Waals surface area contributed by atoms with Crippen LogP contribution in [0.1, 0.15) is 26.7 Å². The molecule has 0 spiro atoms. The van der Waals surface area contributed by atoms with Crippen LogP contribution in [0, 0.1) is 11.3 Å². The number of rotatable bonds is 8. The molecule has 5 nitrogen and oxygen atoms in total. The molecule has 0 radical (unpaired) electrons. The van der Waals surface area contributed by atoms with Gasteiger partial charge in [-0.2, -0.15) is 0 Å². The van der Waals surface area contributed by atoms with Crippen LogP contribution in [0.25, 0.3) is 0 Å². The Morgan fingerprint density at radius 1 is 1.24 bits per heavy atom. The zero-order valence-corrected chi connectivity index (χ0v) is 14.4. The van der Waals surface area contributed by atoms with Gasteiger partial charge in [-0.3, -0.25) is 4.79 Å². The van der Waals surface area contributed by atoms with E-state index in [4.69, 9.17) is 4.74 Å². The third-order valence-corrected chi connectivity index (χ3v) is 4.12. The molecule has 5 heteroatoms. The molecule has 0 aromatic carbocycles. The fourth-order valence-electron chi connectivity index (χ4n) is 2.97. The summed E-state index contributed by atoms with van der Waals surface area (Å²) in [6.45, 7) is 9.19. The number of hydrogen-bond donors (Lipinski definition) is 1. The number of piperidine rings is 1. The average Bonchev–Trinajstić information content (AvgIpc) is 2.43. The molecule has 1 heterocycles. The Hall–Kier alpha value is -0.650. The first-order valence-electron chi connectivity index (χ1n) is 8.05. The van der Waals surface area contributed by atoms with Gasteiger partial charge in [-0.1, -0.05) is 13.8 Å². The molecule has 0 atom stereocenters. The minimum Gasteiger partial charge on any atom is -0.384 e. The van der Waals surface area contributed by atoms with Crippen LogP contribution in [-0.4, -0.2) is 76.2 Å². The third-order valence-electron chi connectivity index (χ3n) is 4.12. The van der Waals surface area contributed by atoms with Crippen LogP contribution in [0.5, 0.6) is 0 Å². The highest BCUT2D eigenvalue weighted by molar-refractivity contribution is 5.83. The average molecular weight is 299 g/mol. The van der Waals surface area contributed by atoms with E-state index in [-0.39, 0.29) is 11.3 Å². The number of methoxy groups -OCH3 is 1. The van der Waals surface area contributed by atoms with Crippen molar-refractivity contribution in [3.05, 3.63) is 0 Å². The molecule has 1 amide bonds. The zero-order chi connectivity index (χ0) is 15.9. The number of carbonyl (C=O) groups is 1. The largest absolute Gasteiger partial charge is 0.384 e. The van der Waals surface area contributed by atoms with Gasteiger partial charge in [0.1, 0.15) is 0 Å². The van der Waals surface area contributed by atoms with E-state index < -0.39 is 0 Å². The maximum atomic E-state index is 13.2. The van der Waals surface area contributed by atoms with E-state index in [9.17, 15) is 4.79 Å². The molecule has 1 fully saturated rings. The molecule has 1 rings (SSSR count). The summed E-state index contributed by atoms with van der Waals surface area (Å²) in [5.41, 5.74) is -0.332. The van der Waals surface area contributed by atoms with Crippen molar-refractivity contribution < 1.29 is 9.53 Å². The van der Waals surface area contributed by atoms with Crippen LogP contribution >= 0.6 is 0 Å². The summed E-state index contributed by atoms with van der Waals surface area (Å²) in [7, 11) is 5.80. The van der Waals surface area contributed by atoms with E-state index in [2.05, 4.69) is 29.0 Å². The van der Waals surface area contributed by atoms with Gasteiger partial charge in [-0.05, 0) is 45.9 Å². The van der Waals surface area contributed by atoms with Crippen LogP contribution < -0.4 is 5.32 Å². The first-order chi connectivity index (χ1) is 9.91. The molecular formula is C16H33N3O2. The van der Waals surface area contributed by atoms with E-state index in [1.165, 1.54) is 0 Å². The second kappa shape index (κ2) is 8.71. The van der Waals surface area contributed by atoms with Gasteiger partial charge in [0, 0.05) is 26.7 Å². The number of ether oxygens (including phenoxy) is 1. The van der Waals surface area contributed by atoms with Crippen molar-refractivity contribution in [2.24, 2.45) is 11.3 Å². The van der Waals surface area contributed by atoms with Gasteiger partial charge in [0.05, 0.1) is 12.0 Å². The Kier molecular flexibility index (Phi) is 7.63. The van der Waals surface area contributed by atoms with E-state index in [1.54, 1.807) is 7.11 Å². The quantitative estimate of drug-likeness (QED) is 0.728. The lowest BCUT2D eigenvalue weighted by molar-refractivity contribution is -0.148. The predicted octanol–water partition coefficient (Wildman–Crippen LogP) is 1.05. The summed E-state index contributed by atoms with van der Waals surface area (Å²) in [4.78, 5) is 17.3. The van der Waals surface area contributed by atoms with Crippen molar-refractivity contribution in [1.29, 1.82) is 0 Å². The molecule has 1 aliphatic heterocycles. The van der Waals surface area contributed by atoms with Crippen LogP contribution in [0.4, 0.5) is 0 Å². The van der Waals surface area contributed by atoms with E-state index in [1.807, 2.05) is 14.1 Å². The van der Waals surface area contributed by atoms with Gasteiger partial charge >= 0.3 is 0 Å². The fourth-order valence-corrected chi connectivity index (χ4v) is 2.97. The second-order valence-corrected chi connectivity index (χ2v) is 6.91. The lowest BCUT2D eigenvalue weighted by Gasteiger charge is -2.40. The summed E-state index contributed by atoms with van der Waals surface area (Å²) < 4.78 is 5.40. The molecule has 0 aromatic rings. The maximum absolute atomic E-state index is 13.2. The van der Waals surface area contributed by atoms with Gasteiger partial charge in [-0.15, -0.1) is 0 Å². The standard InChI is InChI=1S/C16H33N3O2/c1-14(2)12-19(11-10-18(3)4)15(20)16(13-21-5)6-8-17-9-7-16/h14,17H,6-13H2,1-5H3. The normalized spacial score (nSPS) is 18.2. The van der Waals surface area contributed by atoms with Gasteiger partial charge in [-0.25, -0.2) is 0 Å². The minimum atomic E-state index is -0.332. The van der Waals surface area contributed by atoms with Crippen molar-refractivity contribution in [2.75, 3.05) is 60.5 Å². The number of amides is 1. The molecule has 1 N–H and O–H groups in total. The lowest BCUT2D eigenvalue weighted by atomic mass is 9.78. The molecule has 21 heavy (non-hydrogen) atoms. The number of nitrogens with zero attached hydrogens (tertiary/aromatic N) is 2. The Labute approximate surface area is 130 Å². The summed E-state index contributed by atoms with van der Waals surface area (Å²) >= 11 is 0. The molecule has 0 aromatic heterocycles. The Balaban J connectivity index is 2.83. The van der Waals surface area contributed by atoms with E-state index >= 15 is 0 Å². The van der Waals surface area contributed by atoms with Gasteiger partial charge in [0.2, 0.25) is 5.91 Å². The summed E-state index contributed by atoms with van der Waals surface area (Å²) in [6.07, 6.45) is 1.74. The molecule has 124 valence electrons. The van der Waals surface area contributed by atoms with Crippen LogP contribution in [0.2, 0.25) is 0 Å². The third kappa shape index (κ3) is 5.57. The van der Waals surface area contributed by atoms with Crippen LogP contribution in [0.3, 0.4) is 0 Å². The Morgan fingerprint density at radius 2 is 1.86 bits per heavy atom. The van der Waals surface area contributed by atoms with Gasteiger partial charge < -0.3 is 19.9 Å². The highest BCUT2D eigenvalue weighted by Gasteiger charge is 2.42. The first-order valence-corrected chi connectivity index (χ1v) is 8.05. The molecule has 1 aliphatic rings. The molecule has 0 aliphatic carbocycles. The Bertz CT molecular complexity index is 307. The highest BCUT2D eigenvalue weighted by Crippen LogP contribution is 2.32. The van der Waals surface area contributed by atoms with Crippen molar-refractivity contribution in [3.63, 3.8) is 0 Å². The first kappa shape index (κ1) is 18.4. The number of hydrogen-bond acceptors (Lipinski definition) is 4. The monoisotopic (exact) mass is 299 g/mol. The molecule has 1 saturated heterocycles. The van der Waals surface area contributed by atoms with Crippen LogP contribution in [0.15, 0.2) is 0 Å². The lowest BCUT2D eigenvalue weighted by Crippen LogP contribution is -2.53. The second-order valence-electron chi connectivity index (χ2n) is 6.91. The van der Waals surface area contributed by atoms with Gasteiger partial charge in [0.15, 0.2) is 0 Å². The molecule has 0 saturated carbocycles. The Morgan fingerprint density at radius 3 is 2.33 bits per heavy atom. The van der Waals surface area contributed by atoms with E-state index in [0.29, 0.717) is 12.5 Å². The highest BCUT2D eigenvalue weighted by atomic mass is 16.5. The minimum absolute atomic E-state index is 0.279. The number of likely N-dealkylation sites (N-methyl/N-ethyl adjacent to an activating group) is 1. The summed E-state index contributed by atoms with van der Waals surface area (Å²) in [6, 6.07) is 0. The van der Waals surface area contributed by atoms with Crippen molar-refractivity contribution in [1.82, 2.24) is 15.1 Å². The van der Waals surface area contributed by atoms with Crippen LogP contribution in [-0.2, 0) is 9.53 Å². The smallest absolute Gasteiger partial charge is 0.231 e. The number of carbonyl (C=O) groups excluding carboxylic acids is 1. The zero-order valence-electron chi connectivity index (χ0n) is 14.4. The molecule has 0 unspecified atom stereocenters. The fraction of sp³-hybridized carbons (Fsp3) is 0.938. The van der Waals surface area contributed by atoms with E-state index in [0.717, 1.165) is 45.6 Å². The van der Waals surface area contributed by atoms with Gasteiger partial charge in [0.25, 0.3) is 0 Å². The van der Waals surface area contributed by atoms with Crippen molar-refractivity contribution >= 4 is 5.91 Å². The number of nitrogens with one attached hydrogen (secondary N) is 1. The molecule has 0 bridgehead atoms. The maximum Gasteiger partial charge on any atom is 0.231 e. The SMILES string of the molecule is COCC1(C(=O)N(CCN(C)C)CC(C)C)CCNCC1. The summed E-state index contributed by atoms with van der Waals surface area (Å²) in [5, 5.41) is 3.35.